The first-order valence-corrected chi connectivity index (χ1v) is 29.0. The fourth-order valence-corrected chi connectivity index (χ4v) is 12.1. The number of hydrazone groups is 1. The number of hydrogen-bond acceptors (Lipinski definition) is 20. The van der Waals surface area contributed by atoms with Crippen molar-refractivity contribution in [3.63, 3.8) is 0 Å². The number of methoxy groups -OCH3 is 2. The Kier molecular flexibility index (Phi) is 21.8. The lowest BCUT2D eigenvalue weighted by Gasteiger charge is -2.42. The van der Waals surface area contributed by atoms with E-state index in [-0.39, 0.29) is 74.8 Å². The van der Waals surface area contributed by atoms with Crippen molar-refractivity contribution in [1.29, 1.82) is 0 Å². The van der Waals surface area contributed by atoms with Gasteiger partial charge >= 0.3 is 18.0 Å². The maximum Gasteiger partial charge on any atom is 0.409 e. The van der Waals surface area contributed by atoms with Crippen LogP contribution in [0.4, 0.5) is 10.5 Å². The van der Waals surface area contributed by atoms with Crippen LogP contribution in [-0.4, -0.2) is 161 Å². The largest absolute Gasteiger partial charge is 0.495 e. The van der Waals surface area contributed by atoms with E-state index in [4.69, 9.17) is 44.9 Å². The van der Waals surface area contributed by atoms with E-state index in [9.17, 15) is 43.5 Å². The van der Waals surface area contributed by atoms with Crippen molar-refractivity contribution in [1.82, 2.24) is 25.7 Å². The van der Waals surface area contributed by atoms with E-state index in [0.717, 1.165) is 11.1 Å². The topological polar surface area (TPSA) is 284 Å². The summed E-state index contributed by atoms with van der Waals surface area (Å²) in [4.78, 5) is 115. The number of likely N-dealkylation sites (N-methyl/N-ethyl adjacent to an activating group) is 1. The molecule has 442 valence electrons. The van der Waals surface area contributed by atoms with E-state index in [1.165, 1.54) is 65.8 Å². The van der Waals surface area contributed by atoms with E-state index in [0.29, 0.717) is 45.8 Å². The van der Waals surface area contributed by atoms with E-state index in [1.807, 2.05) is 26.8 Å². The molecule has 4 aliphatic rings. The summed E-state index contributed by atoms with van der Waals surface area (Å²) in [6, 6.07) is 5.76. The number of fused-ring (bicyclic) bond motifs is 5. The Labute approximate surface area is 483 Å². The predicted octanol–water partition coefficient (Wildman–Crippen LogP) is 6.16. The molecule has 1 aromatic heterocycles. The molecule has 23 nitrogen and oxygen atoms in total. The summed E-state index contributed by atoms with van der Waals surface area (Å²) in [7, 11) is 8.73. The van der Waals surface area contributed by atoms with E-state index in [1.54, 1.807) is 64.2 Å². The maximum atomic E-state index is 14.4. The zero-order valence-electron chi connectivity index (χ0n) is 47.4. The Hall–Kier alpha value is -6.25. The minimum Gasteiger partial charge on any atom is -0.495 e. The highest BCUT2D eigenvalue weighted by Crippen LogP contribution is 2.49. The van der Waals surface area contributed by atoms with Gasteiger partial charge in [0.1, 0.15) is 46.5 Å². The molecule has 81 heavy (non-hydrogen) atoms. The van der Waals surface area contributed by atoms with Crippen molar-refractivity contribution in [2.75, 3.05) is 45.6 Å². The van der Waals surface area contributed by atoms with Crippen LogP contribution < -0.4 is 25.1 Å². The van der Waals surface area contributed by atoms with Gasteiger partial charge in [0.25, 0.3) is 11.8 Å². The molecule has 3 fully saturated rings. The predicted molar refractivity (Wildman–Crippen MR) is 301 cm³/mol. The lowest BCUT2D eigenvalue weighted by atomic mass is 9.83. The SMILES string of the molecule is COc1cc2cc(c1Cl)N(C)C(=O)C[C@H](OC(=O)[C@H](C)N(C)C(=O)CCSSC(C)(C)CC(=O)N/N=C(/C)c1ccc(OCCCC(=O)ON3C(=O)CCC3=O)cn1)C1(C)O[C@H]1[C@H](C)[C@@H]1C[C@@](O)(NC(=O)O1)[C@H](OC)/C=C/C=C(\C)C2. The summed E-state index contributed by atoms with van der Waals surface area (Å²) in [5.41, 5.74) is 2.32. The Morgan fingerprint density at radius 2 is 1.81 bits per heavy atom. The number of rotatable bonds is 20. The Morgan fingerprint density at radius 1 is 1.10 bits per heavy atom. The van der Waals surface area contributed by atoms with Gasteiger partial charge in [-0.3, -0.25) is 34.3 Å². The van der Waals surface area contributed by atoms with Crippen molar-refractivity contribution >= 4 is 92.2 Å². The van der Waals surface area contributed by atoms with Crippen molar-refractivity contribution in [3.05, 3.63) is 70.5 Å². The van der Waals surface area contributed by atoms with Gasteiger partial charge in [-0.1, -0.05) is 63.9 Å². The highest BCUT2D eigenvalue weighted by molar-refractivity contribution is 8.77. The van der Waals surface area contributed by atoms with Crippen LogP contribution in [0.15, 0.2) is 59.4 Å². The second kappa shape index (κ2) is 27.7. The number of esters is 1. The minimum absolute atomic E-state index is 0.0126. The molecule has 4 aliphatic heterocycles. The number of pyridine rings is 1. The van der Waals surface area contributed by atoms with Gasteiger partial charge in [0.15, 0.2) is 5.72 Å². The van der Waals surface area contributed by atoms with Gasteiger partial charge in [0.2, 0.25) is 17.7 Å². The number of amides is 6. The third-order valence-corrected chi connectivity index (χ3v) is 17.9. The monoisotopic (exact) mass is 1190 g/mol. The van der Waals surface area contributed by atoms with Gasteiger partial charge in [-0.25, -0.2) is 19.8 Å². The molecule has 5 heterocycles. The normalized spacial score (nSPS) is 25.8. The average Bonchev–Trinajstić information content (AvgIpc) is 4.01. The molecule has 3 N–H and O–H groups in total. The summed E-state index contributed by atoms with van der Waals surface area (Å²) in [5, 5.41) is 19.3. The number of alkyl carbamates (subject to hydrolysis) is 1. The van der Waals surface area contributed by atoms with Crippen LogP contribution in [0.25, 0.3) is 0 Å². The van der Waals surface area contributed by atoms with E-state index < -0.39 is 88.2 Å². The number of hydrogen-bond donors (Lipinski definition) is 3. The third-order valence-electron chi connectivity index (χ3n) is 14.2. The number of ether oxygens (including phenoxy) is 6. The fourth-order valence-electron chi connectivity index (χ4n) is 9.28. The van der Waals surface area contributed by atoms with Crippen LogP contribution in [0.5, 0.6) is 11.5 Å². The molecule has 0 aliphatic carbocycles. The highest BCUT2D eigenvalue weighted by Gasteiger charge is 2.64. The molecule has 1 unspecified atom stereocenters. The standard InChI is InChI=1S/C55H72ClN7O16S2/c1-31-14-12-15-41(74-11)55(72)28-40(76-52(71)58-55)32(2)50-54(7,78-50)42(27-47(68)62(9)38-25-35(24-31)26-39(73-10)49(38)56)77-51(70)34(4)61(8)44(65)21-23-80-81-53(5,6)29-43(64)60-59-33(3)37-18-17-36(30-57-37)75-22-13-16-48(69)79-63-45(66)19-20-46(63)67/h12,14-15,17-18,25-26,30,32,34,40-42,50,72H,13,16,19-24,27-29H2,1-11H3,(H,58,71)(H,60,64)/b15-12+,31-14+,59-33-/t32-,34+,40+,41-,42+,50+,54?,55+/m1/s1. The first kappa shape index (κ1) is 63.9. The highest BCUT2D eigenvalue weighted by atomic mass is 35.5. The smallest absolute Gasteiger partial charge is 0.409 e. The lowest BCUT2D eigenvalue weighted by Crippen LogP contribution is -2.63. The van der Waals surface area contributed by atoms with Gasteiger partial charge in [-0.15, -0.1) is 5.06 Å². The molecule has 0 saturated carbocycles. The van der Waals surface area contributed by atoms with Gasteiger partial charge in [0.05, 0.1) is 56.0 Å². The number of aliphatic hydroxyl groups is 1. The van der Waals surface area contributed by atoms with Crippen LogP contribution in [-0.2, 0) is 63.8 Å². The maximum absolute atomic E-state index is 14.4. The van der Waals surface area contributed by atoms with Crippen molar-refractivity contribution < 1.29 is 76.7 Å². The molecule has 0 spiro atoms. The number of benzene rings is 1. The summed E-state index contributed by atoms with van der Waals surface area (Å²) >= 11 is 6.83. The second-order valence-electron chi connectivity index (χ2n) is 21.1. The second-order valence-corrected chi connectivity index (χ2v) is 24.6. The van der Waals surface area contributed by atoms with E-state index in [2.05, 4.69) is 20.8 Å². The quantitative estimate of drug-likeness (QED) is 0.0255. The fraction of sp³-hybridized carbons (Fsp3) is 0.564. The number of halogens is 1. The van der Waals surface area contributed by atoms with E-state index >= 15 is 0 Å². The third kappa shape index (κ3) is 16.7. The van der Waals surface area contributed by atoms with Gasteiger partial charge < -0.3 is 48.2 Å². The molecular formula is C55H72ClN7O16S2. The number of carbonyl (C=O) groups is 8. The zero-order valence-corrected chi connectivity index (χ0v) is 49.8. The number of nitrogens with one attached hydrogen (secondary N) is 2. The number of allylic oxidation sites excluding steroid dienone is 3. The Balaban J connectivity index is 1.02. The van der Waals surface area contributed by atoms with Crippen molar-refractivity contribution in [2.45, 2.75) is 153 Å². The van der Waals surface area contributed by atoms with Crippen LogP contribution in [0, 0.1) is 5.92 Å². The molecule has 4 bridgehead atoms. The molecule has 8 atom stereocenters. The molecule has 0 radical (unpaired) electrons. The number of anilines is 1. The first-order valence-electron chi connectivity index (χ1n) is 26.3. The van der Waals surface area contributed by atoms with Gasteiger partial charge in [-0.05, 0) is 84.2 Å². The number of carbonyl (C=O) groups excluding carboxylic acids is 8. The molecule has 6 amide bonds. The first-order chi connectivity index (χ1) is 38.2. The van der Waals surface area contributed by atoms with Crippen molar-refractivity contribution in [3.8, 4) is 11.5 Å². The zero-order chi connectivity index (χ0) is 59.6. The molecule has 2 aromatic rings. The lowest BCUT2D eigenvalue weighted by molar-refractivity contribution is -0.197. The molecule has 6 rings (SSSR count). The summed E-state index contributed by atoms with van der Waals surface area (Å²) in [6.07, 6.45) is 2.26. The molecular weight excluding hydrogens is 1110 g/mol. The number of imide groups is 1. The van der Waals surface area contributed by atoms with Crippen LogP contribution in [0.2, 0.25) is 5.02 Å². The summed E-state index contributed by atoms with van der Waals surface area (Å²) in [6.45, 7) is 12.5. The Bertz CT molecular complexity index is 2780. The molecule has 26 heteroatoms. The van der Waals surface area contributed by atoms with Gasteiger partial charge in [-0.2, -0.15) is 5.10 Å². The molecule has 3 saturated heterocycles. The van der Waals surface area contributed by atoms with Gasteiger partial charge in [0, 0.05) is 69.7 Å². The van der Waals surface area contributed by atoms with Crippen LogP contribution in [0.1, 0.15) is 111 Å². The summed E-state index contributed by atoms with van der Waals surface area (Å²) in [5.74, 6) is -3.29. The van der Waals surface area contributed by atoms with Crippen LogP contribution in [0.3, 0.4) is 0 Å². The summed E-state index contributed by atoms with van der Waals surface area (Å²) < 4.78 is 34.6. The molecule has 1 aromatic carbocycles. The minimum atomic E-state index is -1.88. The van der Waals surface area contributed by atoms with Crippen molar-refractivity contribution in [2.24, 2.45) is 11.0 Å². The number of hydroxylamine groups is 2. The Morgan fingerprint density at radius 3 is 2.48 bits per heavy atom. The number of epoxide rings is 1. The number of aromatic nitrogens is 1. The average molecular weight is 1190 g/mol. The van der Waals surface area contributed by atoms with Crippen LogP contribution >= 0.6 is 33.2 Å². The number of nitrogens with zero attached hydrogens (tertiary/aromatic N) is 5.